The highest BCUT2D eigenvalue weighted by atomic mass is 16.2. The van der Waals surface area contributed by atoms with Gasteiger partial charge in [-0.1, -0.05) is 33.1 Å². The van der Waals surface area contributed by atoms with Gasteiger partial charge in [-0.2, -0.15) is 5.10 Å². The van der Waals surface area contributed by atoms with Crippen LogP contribution in [0.1, 0.15) is 69.8 Å². The molecule has 2 heterocycles. The largest absolute Gasteiger partial charge is 0.321 e. The molecule has 1 saturated carbocycles. The Hall–Kier alpha value is -1.36. The standard InChI is InChI=1S/C17H28N4O/c1-4-11-21-15(13-12-20(3)19-14(13)5-2)18-17(16(21)22)9-7-6-8-10-17/h12,15,18H,4-11H2,1-3H3/t15-/m0/s1. The Morgan fingerprint density at radius 3 is 2.68 bits per heavy atom. The minimum atomic E-state index is -0.320. The predicted molar refractivity (Wildman–Crippen MR) is 86.3 cm³/mol. The number of aryl methyl sites for hydroxylation is 2. The fourth-order valence-electron chi connectivity index (χ4n) is 4.08. The van der Waals surface area contributed by atoms with Crippen molar-refractivity contribution in [1.29, 1.82) is 0 Å². The maximum atomic E-state index is 13.1. The molecule has 2 fully saturated rings. The van der Waals surface area contributed by atoms with Crippen molar-refractivity contribution in [2.24, 2.45) is 7.05 Å². The first-order valence-electron chi connectivity index (χ1n) is 8.72. The molecule has 1 aliphatic heterocycles. The second-order valence-corrected chi connectivity index (χ2v) is 6.75. The molecule has 0 radical (unpaired) electrons. The summed E-state index contributed by atoms with van der Waals surface area (Å²) in [5, 5.41) is 8.28. The van der Waals surface area contributed by atoms with E-state index in [2.05, 4.69) is 35.4 Å². The lowest BCUT2D eigenvalue weighted by Crippen LogP contribution is -2.48. The average Bonchev–Trinajstić information content (AvgIpc) is 3.02. The molecular formula is C17H28N4O. The zero-order valence-corrected chi connectivity index (χ0v) is 14.1. The van der Waals surface area contributed by atoms with Crippen LogP contribution in [0, 0.1) is 0 Å². The van der Waals surface area contributed by atoms with Crippen LogP contribution >= 0.6 is 0 Å². The molecule has 1 saturated heterocycles. The monoisotopic (exact) mass is 304 g/mol. The molecule has 1 spiro atoms. The van der Waals surface area contributed by atoms with Crippen LogP contribution in [0.2, 0.25) is 0 Å². The molecule has 0 bridgehead atoms. The van der Waals surface area contributed by atoms with E-state index in [1.54, 1.807) is 0 Å². The summed E-state index contributed by atoms with van der Waals surface area (Å²) in [5.74, 6) is 0.310. The number of amides is 1. The van der Waals surface area contributed by atoms with Crippen LogP contribution in [0.5, 0.6) is 0 Å². The zero-order valence-electron chi connectivity index (χ0n) is 14.1. The number of hydrogen-bond acceptors (Lipinski definition) is 3. The number of carbonyl (C=O) groups is 1. The highest BCUT2D eigenvalue weighted by Gasteiger charge is 2.51. The second-order valence-electron chi connectivity index (χ2n) is 6.75. The lowest BCUT2D eigenvalue weighted by atomic mass is 9.81. The van der Waals surface area contributed by atoms with Gasteiger partial charge in [0.2, 0.25) is 5.91 Å². The van der Waals surface area contributed by atoms with E-state index in [4.69, 9.17) is 0 Å². The van der Waals surface area contributed by atoms with E-state index in [1.807, 2.05) is 11.7 Å². The van der Waals surface area contributed by atoms with Gasteiger partial charge in [-0.15, -0.1) is 0 Å². The van der Waals surface area contributed by atoms with Crippen molar-refractivity contribution < 1.29 is 4.79 Å². The Bertz CT molecular complexity index is 545. The van der Waals surface area contributed by atoms with Gasteiger partial charge in [0.15, 0.2) is 0 Å². The molecule has 1 N–H and O–H groups in total. The summed E-state index contributed by atoms with van der Waals surface area (Å²) in [6.45, 7) is 5.08. The molecule has 1 aliphatic carbocycles. The molecule has 1 aromatic heterocycles. The summed E-state index contributed by atoms with van der Waals surface area (Å²) >= 11 is 0. The predicted octanol–water partition coefficient (Wildman–Crippen LogP) is 2.53. The molecule has 3 rings (SSSR count). The van der Waals surface area contributed by atoms with E-state index in [0.29, 0.717) is 5.91 Å². The van der Waals surface area contributed by atoms with E-state index in [0.717, 1.165) is 50.8 Å². The summed E-state index contributed by atoms with van der Waals surface area (Å²) in [6.07, 6.45) is 9.47. The van der Waals surface area contributed by atoms with Crippen molar-refractivity contribution in [2.45, 2.75) is 70.5 Å². The molecule has 22 heavy (non-hydrogen) atoms. The quantitative estimate of drug-likeness (QED) is 0.930. The van der Waals surface area contributed by atoms with E-state index < -0.39 is 0 Å². The van der Waals surface area contributed by atoms with E-state index in [1.165, 1.54) is 12.0 Å². The first-order chi connectivity index (χ1) is 10.6. The van der Waals surface area contributed by atoms with Crippen LogP contribution in [0.3, 0.4) is 0 Å². The van der Waals surface area contributed by atoms with Gasteiger partial charge in [-0.05, 0) is 25.7 Å². The molecule has 0 aromatic carbocycles. The SMILES string of the molecule is CCCN1C(=O)C2(CCCCC2)N[C@@H]1c1cn(C)nc1CC. The Balaban J connectivity index is 1.96. The van der Waals surface area contributed by atoms with E-state index >= 15 is 0 Å². The Kier molecular flexibility index (Phi) is 4.26. The molecule has 0 unspecified atom stereocenters. The normalized spacial score (nSPS) is 24.4. The molecular weight excluding hydrogens is 276 g/mol. The second kappa shape index (κ2) is 6.03. The van der Waals surface area contributed by atoms with Gasteiger partial charge < -0.3 is 4.90 Å². The smallest absolute Gasteiger partial charge is 0.244 e. The fraction of sp³-hybridized carbons (Fsp3) is 0.765. The summed E-state index contributed by atoms with van der Waals surface area (Å²) < 4.78 is 1.87. The van der Waals surface area contributed by atoms with Crippen molar-refractivity contribution in [3.63, 3.8) is 0 Å². The first-order valence-corrected chi connectivity index (χ1v) is 8.72. The Labute approximate surface area is 133 Å². The van der Waals surface area contributed by atoms with Gasteiger partial charge >= 0.3 is 0 Å². The van der Waals surface area contributed by atoms with Gasteiger partial charge in [0.1, 0.15) is 6.17 Å². The highest BCUT2D eigenvalue weighted by Crippen LogP contribution is 2.40. The number of hydrogen-bond donors (Lipinski definition) is 1. The third-order valence-electron chi connectivity index (χ3n) is 5.13. The van der Waals surface area contributed by atoms with Gasteiger partial charge in [0, 0.05) is 25.4 Å². The van der Waals surface area contributed by atoms with Crippen LogP contribution in [0.25, 0.3) is 0 Å². The number of nitrogens with one attached hydrogen (secondary N) is 1. The lowest BCUT2D eigenvalue weighted by molar-refractivity contribution is -0.134. The summed E-state index contributed by atoms with van der Waals surface area (Å²) in [4.78, 5) is 15.2. The van der Waals surface area contributed by atoms with Gasteiger partial charge in [0.25, 0.3) is 0 Å². The van der Waals surface area contributed by atoms with Crippen molar-refractivity contribution in [1.82, 2.24) is 20.0 Å². The maximum absolute atomic E-state index is 13.1. The lowest BCUT2D eigenvalue weighted by Gasteiger charge is -2.31. The van der Waals surface area contributed by atoms with Crippen molar-refractivity contribution in [2.75, 3.05) is 6.54 Å². The average molecular weight is 304 g/mol. The molecule has 1 amide bonds. The molecule has 1 atom stereocenters. The van der Waals surface area contributed by atoms with Gasteiger partial charge in [-0.25, -0.2) is 0 Å². The van der Waals surface area contributed by atoms with Crippen molar-refractivity contribution in [3.05, 3.63) is 17.5 Å². The maximum Gasteiger partial charge on any atom is 0.244 e. The highest BCUT2D eigenvalue weighted by molar-refractivity contribution is 5.89. The molecule has 5 nitrogen and oxygen atoms in total. The Morgan fingerprint density at radius 2 is 2.05 bits per heavy atom. The van der Waals surface area contributed by atoms with Crippen LogP contribution in [-0.4, -0.2) is 32.7 Å². The van der Waals surface area contributed by atoms with Crippen molar-refractivity contribution >= 4 is 5.91 Å². The van der Waals surface area contributed by atoms with E-state index in [-0.39, 0.29) is 11.7 Å². The first kappa shape index (κ1) is 15.5. The van der Waals surface area contributed by atoms with Crippen LogP contribution < -0.4 is 5.32 Å². The van der Waals surface area contributed by atoms with Gasteiger partial charge in [-0.3, -0.25) is 14.8 Å². The minimum Gasteiger partial charge on any atom is -0.321 e. The molecule has 1 aromatic rings. The van der Waals surface area contributed by atoms with Crippen molar-refractivity contribution in [3.8, 4) is 0 Å². The van der Waals surface area contributed by atoms with Crippen LogP contribution in [-0.2, 0) is 18.3 Å². The third-order valence-corrected chi connectivity index (χ3v) is 5.13. The van der Waals surface area contributed by atoms with Crippen LogP contribution in [0.15, 0.2) is 6.20 Å². The summed E-state index contributed by atoms with van der Waals surface area (Å²) in [5.41, 5.74) is 1.95. The van der Waals surface area contributed by atoms with Gasteiger partial charge in [0.05, 0.1) is 11.2 Å². The topological polar surface area (TPSA) is 50.2 Å². The Morgan fingerprint density at radius 1 is 1.32 bits per heavy atom. The summed E-state index contributed by atoms with van der Waals surface area (Å²) in [6, 6.07) is 0. The minimum absolute atomic E-state index is 0.00537. The number of rotatable bonds is 4. The molecule has 122 valence electrons. The summed E-state index contributed by atoms with van der Waals surface area (Å²) in [7, 11) is 1.96. The fourth-order valence-corrected chi connectivity index (χ4v) is 4.08. The number of aromatic nitrogens is 2. The van der Waals surface area contributed by atoms with E-state index in [9.17, 15) is 4.79 Å². The molecule has 2 aliphatic rings. The number of carbonyl (C=O) groups excluding carboxylic acids is 1. The third kappa shape index (κ3) is 2.45. The zero-order chi connectivity index (χ0) is 15.7. The van der Waals surface area contributed by atoms with Crippen LogP contribution in [0.4, 0.5) is 0 Å². The molecule has 5 heteroatoms. The number of nitrogens with zero attached hydrogens (tertiary/aromatic N) is 3.